The molecular formula is C21H24N2O5S. The molecule has 0 heterocycles. The van der Waals surface area contributed by atoms with E-state index in [1.165, 1.54) is 0 Å². The average molecular weight is 416 g/mol. The summed E-state index contributed by atoms with van der Waals surface area (Å²) in [6.45, 7) is -0.443. The number of anilines is 1. The van der Waals surface area contributed by atoms with Crippen LogP contribution in [0.25, 0.3) is 0 Å². The molecule has 0 saturated carbocycles. The normalized spacial score (nSPS) is 11.2. The number of thioether (sulfide) groups is 1. The van der Waals surface area contributed by atoms with Gasteiger partial charge in [0.05, 0.1) is 7.11 Å². The smallest absolute Gasteiger partial charge is 0.329 e. The SMILES string of the molecule is COc1ccc(NC(=O)COC(=O)[C@@H](CCSC)NC(=O)c2ccccc2)cc1. The molecule has 29 heavy (non-hydrogen) atoms. The van der Waals surface area contributed by atoms with Gasteiger partial charge in [0.1, 0.15) is 11.8 Å². The Morgan fingerprint density at radius 3 is 2.34 bits per heavy atom. The standard InChI is InChI=1S/C21H24N2O5S/c1-27-17-10-8-16(9-11-17)22-19(24)14-28-21(26)18(12-13-29-2)23-20(25)15-6-4-3-5-7-15/h3-11,18H,12-14H2,1-2H3,(H,22,24)(H,23,25)/t18-/m1/s1. The fourth-order valence-corrected chi connectivity index (χ4v) is 2.90. The van der Waals surface area contributed by atoms with Gasteiger partial charge in [0.2, 0.25) is 0 Å². The van der Waals surface area contributed by atoms with Crippen molar-refractivity contribution in [3.63, 3.8) is 0 Å². The molecule has 2 amide bonds. The van der Waals surface area contributed by atoms with Gasteiger partial charge in [-0.3, -0.25) is 9.59 Å². The Morgan fingerprint density at radius 2 is 1.72 bits per heavy atom. The molecule has 7 nitrogen and oxygen atoms in total. The summed E-state index contributed by atoms with van der Waals surface area (Å²) in [5, 5.41) is 5.32. The lowest BCUT2D eigenvalue weighted by Crippen LogP contribution is -2.43. The third-order valence-electron chi connectivity index (χ3n) is 3.96. The number of nitrogens with one attached hydrogen (secondary N) is 2. The lowest BCUT2D eigenvalue weighted by Gasteiger charge is -2.17. The summed E-state index contributed by atoms with van der Waals surface area (Å²) in [6.07, 6.45) is 2.31. The molecule has 0 bridgehead atoms. The first kappa shape index (κ1) is 22.3. The van der Waals surface area contributed by atoms with Gasteiger partial charge >= 0.3 is 5.97 Å². The molecule has 0 aromatic heterocycles. The van der Waals surface area contributed by atoms with Crippen molar-refractivity contribution >= 4 is 35.2 Å². The van der Waals surface area contributed by atoms with Gasteiger partial charge in [0.25, 0.3) is 11.8 Å². The van der Waals surface area contributed by atoms with Gasteiger partial charge in [-0.15, -0.1) is 0 Å². The van der Waals surface area contributed by atoms with Crippen LogP contribution in [0.3, 0.4) is 0 Å². The van der Waals surface area contributed by atoms with Crippen molar-refractivity contribution in [3.8, 4) is 5.75 Å². The minimum atomic E-state index is -0.830. The topological polar surface area (TPSA) is 93.7 Å². The Balaban J connectivity index is 1.89. The molecule has 154 valence electrons. The van der Waals surface area contributed by atoms with Crippen molar-refractivity contribution in [3.05, 3.63) is 60.2 Å². The number of hydrogen-bond donors (Lipinski definition) is 2. The van der Waals surface area contributed by atoms with Crippen molar-refractivity contribution in [2.75, 3.05) is 31.0 Å². The van der Waals surface area contributed by atoms with E-state index in [1.54, 1.807) is 73.5 Å². The molecule has 2 rings (SSSR count). The van der Waals surface area contributed by atoms with Gasteiger partial charge in [-0.2, -0.15) is 11.8 Å². The van der Waals surface area contributed by atoms with E-state index in [0.717, 1.165) is 0 Å². The summed E-state index contributed by atoms with van der Waals surface area (Å²) >= 11 is 1.55. The van der Waals surface area contributed by atoms with Crippen LogP contribution in [0.4, 0.5) is 5.69 Å². The Bertz CT molecular complexity index is 812. The quantitative estimate of drug-likeness (QED) is 0.579. The number of methoxy groups -OCH3 is 1. The zero-order valence-corrected chi connectivity index (χ0v) is 17.2. The van der Waals surface area contributed by atoms with E-state index in [0.29, 0.717) is 29.2 Å². The zero-order chi connectivity index (χ0) is 21.1. The van der Waals surface area contributed by atoms with E-state index in [4.69, 9.17) is 9.47 Å². The summed E-state index contributed by atoms with van der Waals surface area (Å²) in [5.41, 5.74) is 1.01. The highest BCUT2D eigenvalue weighted by atomic mass is 32.2. The predicted octanol–water partition coefficient (Wildman–Crippen LogP) is 2.73. The summed E-state index contributed by atoms with van der Waals surface area (Å²) < 4.78 is 10.2. The minimum absolute atomic E-state index is 0.365. The van der Waals surface area contributed by atoms with Gasteiger partial charge < -0.3 is 20.1 Å². The Labute approximate surface area is 174 Å². The van der Waals surface area contributed by atoms with Gasteiger partial charge in [0.15, 0.2) is 6.61 Å². The number of carbonyl (C=O) groups excluding carboxylic acids is 3. The van der Waals surface area contributed by atoms with Crippen LogP contribution in [0, 0.1) is 0 Å². The molecule has 2 aromatic carbocycles. The molecule has 0 aliphatic heterocycles. The van der Waals surface area contributed by atoms with Crippen LogP contribution in [0.1, 0.15) is 16.8 Å². The average Bonchev–Trinajstić information content (AvgIpc) is 2.76. The summed E-state index contributed by atoms with van der Waals surface area (Å²) in [5.74, 6) is -0.154. The largest absolute Gasteiger partial charge is 0.497 e. The van der Waals surface area contributed by atoms with Crippen LogP contribution in [0.2, 0.25) is 0 Å². The van der Waals surface area contributed by atoms with E-state index in [2.05, 4.69) is 10.6 Å². The van der Waals surface area contributed by atoms with Crippen molar-refractivity contribution < 1.29 is 23.9 Å². The highest BCUT2D eigenvalue weighted by Crippen LogP contribution is 2.15. The van der Waals surface area contributed by atoms with Crippen molar-refractivity contribution in [2.24, 2.45) is 0 Å². The molecule has 0 aliphatic carbocycles. The fourth-order valence-electron chi connectivity index (χ4n) is 2.42. The van der Waals surface area contributed by atoms with Crippen LogP contribution in [-0.2, 0) is 14.3 Å². The first-order valence-electron chi connectivity index (χ1n) is 8.99. The summed E-state index contributed by atoms with van der Waals surface area (Å²) in [6, 6.07) is 14.6. The van der Waals surface area contributed by atoms with E-state index in [1.807, 2.05) is 6.26 Å². The summed E-state index contributed by atoms with van der Waals surface area (Å²) in [7, 11) is 1.55. The molecule has 0 unspecified atom stereocenters. The molecule has 0 radical (unpaired) electrons. The number of carbonyl (C=O) groups is 3. The minimum Gasteiger partial charge on any atom is -0.497 e. The maximum Gasteiger partial charge on any atom is 0.329 e. The van der Waals surface area contributed by atoms with Gasteiger partial charge in [-0.1, -0.05) is 18.2 Å². The molecule has 0 aliphatic rings. The molecule has 0 fully saturated rings. The number of esters is 1. The lowest BCUT2D eigenvalue weighted by atomic mass is 10.1. The highest BCUT2D eigenvalue weighted by Gasteiger charge is 2.23. The molecule has 2 N–H and O–H groups in total. The molecule has 2 aromatic rings. The summed E-state index contributed by atoms with van der Waals surface area (Å²) in [4.78, 5) is 36.8. The second-order valence-corrected chi connectivity index (χ2v) is 7.04. The van der Waals surface area contributed by atoms with Gasteiger partial charge in [-0.05, 0) is 54.8 Å². The van der Waals surface area contributed by atoms with Crippen LogP contribution < -0.4 is 15.4 Å². The Kier molecular flexibility index (Phi) is 9.04. The molecule has 0 saturated heterocycles. The number of ether oxygens (including phenoxy) is 2. The zero-order valence-electron chi connectivity index (χ0n) is 16.3. The van der Waals surface area contributed by atoms with E-state index in [-0.39, 0.29) is 5.91 Å². The number of rotatable bonds is 10. The van der Waals surface area contributed by atoms with Crippen LogP contribution in [0.15, 0.2) is 54.6 Å². The van der Waals surface area contributed by atoms with Gasteiger partial charge in [0, 0.05) is 11.3 Å². The second kappa shape index (κ2) is 11.8. The Hall–Kier alpha value is -3.00. The third-order valence-corrected chi connectivity index (χ3v) is 4.60. The van der Waals surface area contributed by atoms with E-state index < -0.39 is 24.5 Å². The molecule has 8 heteroatoms. The maximum absolute atomic E-state index is 12.4. The number of amides is 2. The first-order valence-corrected chi connectivity index (χ1v) is 10.4. The van der Waals surface area contributed by atoms with Crippen LogP contribution >= 0.6 is 11.8 Å². The first-order chi connectivity index (χ1) is 14.0. The monoisotopic (exact) mass is 416 g/mol. The second-order valence-electron chi connectivity index (χ2n) is 6.06. The van der Waals surface area contributed by atoms with E-state index >= 15 is 0 Å². The fraction of sp³-hybridized carbons (Fsp3) is 0.286. The number of hydrogen-bond acceptors (Lipinski definition) is 6. The van der Waals surface area contributed by atoms with Gasteiger partial charge in [-0.25, -0.2) is 4.79 Å². The maximum atomic E-state index is 12.4. The highest BCUT2D eigenvalue weighted by molar-refractivity contribution is 7.98. The molecule has 1 atom stereocenters. The van der Waals surface area contributed by atoms with Crippen LogP contribution in [0.5, 0.6) is 5.75 Å². The van der Waals surface area contributed by atoms with E-state index in [9.17, 15) is 14.4 Å². The van der Waals surface area contributed by atoms with Crippen molar-refractivity contribution in [2.45, 2.75) is 12.5 Å². The Morgan fingerprint density at radius 1 is 1.03 bits per heavy atom. The van der Waals surface area contributed by atoms with Crippen molar-refractivity contribution in [1.29, 1.82) is 0 Å². The molecular weight excluding hydrogens is 392 g/mol. The lowest BCUT2D eigenvalue weighted by molar-refractivity contribution is -0.149. The third kappa shape index (κ3) is 7.50. The number of benzene rings is 2. The van der Waals surface area contributed by atoms with Crippen molar-refractivity contribution in [1.82, 2.24) is 5.32 Å². The molecule has 0 spiro atoms. The van der Waals surface area contributed by atoms with Crippen LogP contribution in [-0.4, -0.2) is 49.6 Å². The predicted molar refractivity (Wildman–Crippen MR) is 113 cm³/mol.